The quantitative estimate of drug-likeness (QED) is 0.711. The molecular formula is C17H27N3O3S. The van der Waals surface area contributed by atoms with Crippen LogP contribution in [0.4, 0.5) is 5.69 Å². The molecular weight excluding hydrogens is 326 g/mol. The van der Waals surface area contributed by atoms with Crippen molar-refractivity contribution in [2.24, 2.45) is 0 Å². The van der Waals surface area contributed by atoms with Crippen LogP contribution < -0.4 is 10.0 Å². The highest BCUT2D eigenvalue weighted by molar-refractivity contribution is 7.89. The number of benzene rings is 1. The Bertz CT molecular complexity index is 684. The van der Waals surface area contributed by atoms with Crippen molar-refractivity contribution in [3.8, 4) is 0 Å². The van der Waals surface area contributed by atoms with Crippen molar-refractivity contribution in [2.45, 2.75) is 51.0 Å². The molecule has 0 radical (unpaired) electrons. The normalized spacial score (nSPS) is 15.4. The highest BCUT2D eigenvalue weighted by atomic mass is 32.2. The molecule has 0 spiro atoms. The van der Waals surface area contributed by atoms with E-state index in [4.69, 9.17) is 0 Å². The summed E-state index contributed by atoms with van der Waals surface area (Å²) in [6.45, 7) is 9.15. The Morgan fingerprint density at radius 1 is 1.29 bits per heavy atom. The van der Waals surface area contributed by atoms with Crippen LogP contribution in [0.3, 0.4) is 0 Å². The molecule has 1 aromatic carbocycles. The van der Waals surface area contributed by atoms with Crippen LogP contribution in [0.15, 0.2) is 23.1 Å². The van der Waals surface area contributed by atoms with Crippen LogP contribution in [0.2, 0.25) is 0 Å². The van der Waals surface area contributed by atoms with Crippen molar-refractivity contribution in [3.63, 3.8) is 0 Å². The highest BCUT2D eigenvalue weighted by Gasteiger charge is 2.22. The predicted octanol–water partition coefficient (Wildman–Crippen LogP) is 1.97. The van der Waals surface area contributed by atoms with Gasteiger partial charge in [0.15, 0.2) is 0 Å². The number of anilines is 1. The van der Waals surface area contributed by atoms with Crippen LogP contribution in [-0.2, 0) is 21.2 Å². The molecule has 1 heterocycles. The molecule has 0 unspecified atom stereocenters. The number of sulfonamides is 1. The van der Waals surface area contributed by atoms with Gasteiger partial charge in [0.2, 0.25) is 15.9 Å². The van der Waals surface area contributed by atoms with Gasteiger partial charge in [0, 0.05) is 11.7 Å². The third-order valence-corrected chi connectivity index (χ3v) is 5.96. The molecule has 0 saturated carbocycles. The number of fused-ring (bicyclic) bond motifs is 1. The summed E-state index contributed by atoms with van der Waals surface area (Å²) in [4.78, 5) is 13.9. The summed E-state index contributed by atoms with van der Waals surface area (Å²) in [7, 11) is -3.56. The average molecular weight is 353 g/mol. The van der Waals surface area contributed by atoms with Gasteiger partial charge in [0.1, 0.15) is 0 Å². The molecule has 6 nitrogen and oxygen atoms in total. The van der Waals surface area contributed by atoms with E-state index in [-0.39, 0.29) is 23.3 Å². The molecule has 0 saturated heterocycles. The van der Waals surface area contributed by atoms with E-state index in [1.165, 1.54) is 6.07 Å². The van der Waals surface area contributed by atoms with Gasteiger partial charge in [0.25, 0.3) is 0 Å². The zero-order chi connectivity index (χ0) is 17.7. The minimum atomic E-state index is -3.56. The van der Waals surface area contributed by atoms with Gasteiger partial charge < -0.3 is 10.2 Å². The van der Waals surface area contributed by atoms with Crippen LogP contribution in [0.5, 0.6) is 0 Å². The summed E-state index contributed by atoms with van der Waals surface area (Å²) < 4.78 is 27.7. The van der Waals surface area contributed by atoms with Crippen molar-refractivity contribution in [3.05, 3.63) is 23.8 Å². The summed E-state index contributed by atoms with van der Waals surface area (Å²) in [6.07, 6.45) is 1.98. The monoisotopic (exact) mass is 353 g/mol. The van der Waals surface area contributed by atoms with E-state index in [1.807, 2.05) is 6.92 Å². The van der Waals surface area contributed by atoms with E-state index in [1.54, 1.807) is 12.1 Å². The molecule has 0 fully saturated rings. The number of rotatable bonds is 9. The van der Waals surface area contributed by atoms with Crippen LogP contribution in [0.1, 0.15) is 39.2 Å². The van der Waals surface area contributed by atoms with Crippen molar-refractivity contribution in [1.82, 2.24) is 9.62 Å². The molecule has 134 valence electrons. The molecule has 24 heavy (non-hydrogen) atoms. The Balaban J connectivity index is 1.93. The average Bonchev–Trinajstić information content (AvgIpc) is 2.90. The molecule has 0 aromatic heterocycles. The Labute approximate surface area is 144 Å². The van der Waals surface area contributed by atoms with E-state index >= 15 is 0 Å². The molecule has 0 bridgehead atoms. The first-order valence-corrected chi connectivity index (χ1v) is 10.0. The lowest BCUT2D eigenvalue weighted by atomic mass is 10.2. The van der Waals surface area contributed by atoms with Crippen molar-refractivity contribution < 1.29 is 13.2 Å². The van der Waals surface area contributed by atoms with Crippen LogP contribution >= 0.6 is 0 Å². The van der Waals surface area contributed by atoms with Crippen LogP contribution in [-0.4, -0.2) is 44.9 Å². The summed E-state index contributed by atoms with van der Waals surface area (Å²) in [5.74, 6) is -0.0997. The summed E-state index contributed by atoms with van der Waals surface area (Å²) >= 11 is 0. The minimum absolute atomic E-state index is 0.0997. The highest BCUT2D eigenvalue weighted by Crippen LogP contribution is 2.25. The Morgan fingerprint density at radius 3 is 2.67 bits per heavy atom. The lowest BCUT2D eigenvalue weighted by molar-refractivity contribution is -0.115. The molecule has 1 aromatic rings. The molecule has 0 aliphatic carbocycles. The fourth-order valence-electron chi connectivity index (χ4n) is 2.93. The first-order valence-electron chi connectivity index (χ1n) is 8.53. The second-order valence-corrected chi connectivity index (χ2v) is 7.95. The number of hydrogen-bond acceptors (Lipinski definition) is 4. The van der Waals surface area contributed by atoms with Crippen LogP contribution in [0, 0.1) is 0 Å². The number of nitrogens with one attached hydrogen (secondary N) is 2. The second-order valence-electron chi connectivity index (χ2n) is 6.24. The topological polar surface area (TPSA) is 78.5 Å². The number of nitrogens with zero attached hydrogens (tertiary/aromatic N) is 1. The first-order chi connectivity index (χ1) is 11.4. The van der Waals surface area contributed by atoms with Gasteiger partial charge in [-0.15, -0.1) is 0 Å². The van der Waals surface area contributed by atoms with Gasteiger partial charge in [-0.25, -0.2) is 13.1 Å². The molecule has 1 amide bonds. The molecule has 2 N–H and O–H groups in total. The SMILES string of the molecule is CCN(CC)CCC[C@@H](C)NS(=O)(=O)c1ccc2c(c1)CC(=O)N2. The zero-order valence-electron chi connectivity index (χ0n) is 14.6. The molecule has 1 aliphatic heterocycles. The van der Waals surface area contributed by atoms with Gasteiger partial charge in [-0.3, -0.25) is 4.79 Å². The number of amides is 1. The maximum Gasteiger partial charge on any atom is 0.240 e. The smallest absolute Gasteiger partial charge is 0.240 e. The maximum absolute atomic E-state index is 12.5. The van der Waals surface area contributed by atoms with Crippen molar-refractivity contribution in [2.75, 3.05) is 25.0 Å². The van der Waals surface area contributed by atoms with Crippen LogP contribution in [0.25, 0.3) is 0 Å². The van der Waals surface area contributed by atoms with E-state index in [0.29, 0.717) is 5.69 Å². The lowest BCUT2D eigenvalue weighted by Crippen LogP contribution is -2.33. The Kier molecular flexibility index (Phi) is 6.37. The van der Waals surface area contributed by atoms with Gasteiger partial charge in [-0.1, -0.05) is 13.8 Å². The summed E-state index contributed by atoms with van der Waals surface area (Å²) in [6, 6.07) is 4.64. The van der Waals surface area contributed by atoms with E-state index in [9.17, 15) is 13.2 Å². The van der Waals surface area contributed by atoms with E-state index in [2.05, 4.69) is 28.8 Å². The van der Waals surface area contributed by atoms with Gasteiger partial charge >= 0.3 is 0 Å². The Hall–Kier alpha value is -1.44. The Morgan fingerprint density at radius 2 is 2.00 bits per heavy atom. The predicted molar refractivity (Wildman–Crippen MR) is 95.6 cm³/mol. The standard InChI is InChI=1S/C17H27N3O3S/c1-4-20(5-2)10-6-7-13(3)19-24(22,23)15-8-9-16-14(11-15)12-17(21)18-16/h8-9,11,13,19H,4-7,10,12H2,1-3H3,(H,18,21)/t13-/m1/s1. The number of carbonyl (C=O) groups excluding carboxylic acids is 1. The number of hydrogen-bond donors (Lipinski definition) is 2. The number of carbonyl (C=O) groups is 1. The molecule has 1 atom stereocenters. The largest absolute Gasteiger partial charge is 0.326 e. The minimum Gasteiger partial charge on any atom is -0.326 e. The van der Waals surface area contributed by atoms with Gasteiger partial charge in [-0.05, 0) is 63.2 Å². The van der Waals surface area contributed by atoms with Gasteiger partial charge in [-0.2, -0.15) is 0 Å². The fourth-order valence-corrected chi connectivity index (χ4v) is 4.25. The molecule has 2 rings (SSSR count). The van der Waals surface area contributed by atoms with Crippen molar-refractivity contribution >= 4 is 21.6 Å². The van der Waals surface area contributed by atoms with E-state index < -0.39 is 10.0 Å². The van der Waals surface area contributed by atoms with Gasteiger partial charge in [0.05, 0.1) is 11.3 Å². The molecule has 1 aliphatic rings. The first kappa shape index (κ1) is 18.9. The second kappa shape index (κ2) is 8.09. The fraction of sp³-hybridized carbons (Fsp3) is 0.588. The third kappa shape index (κ3) is 4.78. The summed E-state index contributed by atoms with van der Waals surface area (Å²) in [5.41, 5.74) is 1.43. The molecule has 7 heteroatoms. The van der Waals surface area contributed by atoms with E-state index in [0.717, 1.165) is 38.0 Å². The zero-order valence-corrected chi connectivity index (χ0v) is 15.4. The maximum atomic E-state index is 12.5. The lowest BCUT2D eigenvalue weighted by Gasteiger charge is -2.19. The summed E-state index contributed by atoms with van der Waals surface area (Å²) in [5, 5.41) is 2.71. The third-order valence-electron chi connectivity index (χ3n) is 4.37. The van der Waals surface area contributed by atoms with Crippen molar-refractivity contribution in [1.29, 1.82) is 0 Å².